The number of ether oxygens (including phenoxy) is 3. The van der Waals surface area contributed by atoms with Gasteiger partial charge in [-0.15, -0.1) is 0 Å². The molecule has 0 saturated carbocycles. The van der Waals surface area contributed by atoms with E-state index in [0.29, 0.717) is 19.6 Å². The number of hydrogen-bond acceptors (Lipinski definition) is 7. The fourth-order valence-corrected chi connectivity index (χ4v) is 3.59. The lowest BCUT2D eigenvalue weighted by Gasteiger charge is -2.34. The summed E-state index contributed by atoms with van der Waals surface area (Å²) in [5.74, 6) is -0.486. The van der Waals surface area contributed by atoms with Gasteiger partial charge in [0.15, 0.2) is 0 Å². The summed E-state index contributed by atoms with van der Waals surface area (Å²) < 4.78 is 17.5. The zero-order valence-electron chi connectivity index (χ0n) is 25.5. The summed E-state index contributed by atoms with van der Waals surface area (Å²) in [5.41, 5.74) is -1.04. The molecular formula is C29H56N4O7. The van der Waals surface area contributed by atoms with Gasteiger partial charge in [-0.3, -0.25) is 19.2 Å². The molecular weight excluding hydrogens is 516 g/mol. The summed E-state index contributed by atoms with van der Waals surface area (Å²) in [5, 5.41) is 11.6. The van der Waals surface area contributed by atoms with Crippen molar-refractivity contribution in [3.05, 3.63) is 0 Å². The molecule has 4 N–H and O–H groups in total. The third-order valence-electron chi connectivity index (χ3n) is 6.09. The first-order valence-electron chi connectivity index (χ1n) is 15.2. The number of hydrogen-bond donors (Lipinski definition) is 4. The van der Waals surface area contributed by atoms with E-state index >= 15 is 0 Å². The van der Waals surface area contributed by atoms with Gasteiger partial charge in [0, 0.05) is 45.3 Å². The van der Waals surface area contributed by atoms with Gasteiger partial charge in [-0.05, 0) is 19.3 Å². The quantitative estimate of drug-likeness (QED) is 0.111. The minimum atomic E-state index is -1.04. The second-order valence-electron chi connectivity index (χ2n) is 10.1. The fraction of sp³-hybridized carbons (Fsp3) is 0.862. The summed E-state index contributed by atoms with van der Waals surface area (Å²) in [7, 11) is 0. The molecule has 40 heavy (non-hydrogen) atoms. The van der Waals surface area contributed by atoms with E-state index in [9.17, 15) is 19.2 Å². The van der Waals surface area contributed by atoms with Crippen LogP contribution < -0.4 is 21.3 Å². The van der Waals surface area contributed by atoms with Crippen LogP contribution in [0.25, 0.3) is 0 Å². The number of rotatable bonds is 27. The van der Waals surface area contributed by atoms with Gasteiger partial charge in [-0.25, -0.2) is 0 Å². The van der Waals surface area contributed by atoms with Crippen LogP contribution in [0, 0.1) is 0 Å². The van der Waals surface area contributed by atoms with Crippen LogP contribution in [0.4, 0.5) is 0 Å². The molecule has 0 aliphatic rings. The Morgan fingerprint density at radius 2 is 0.900 bits per heavy atom. The number of unbranched alkanes of at least 4 members (excludes halogenated alkanes) is 4. The van der Waals surface area contributed by atoms with Gasteiger partial charge >= 0.3 is 0 Å². The molecule has 0 spiro atoms. The highest BCUT2D eigenvalue weighted by atomic mass is 16.5. The Labute approximate surface area is 241 Å². The van der Waals surface area contributed by atoms with Gasteiger partial charge in [0.25, 0.3) is 0 Å². The van der Waals surface area contributed by atoms with Gasteiger partial charge < -0.3 is 35.5 Å². The zero-order chi connectivity index (χ0) is 29.9. The smallest absolute Gasteiger partial charge is 0.222 e. The highest BCUT2D eigenvalue weighted by molar-refractivity contribution is 5.77. The van der Waals surface area contributed by atoms with Crippen molar-refractivity contribution in [2.24, 2.45) is 0 Å². The maximum atomic E-state index is 12.4. The first-order chi connectivity index (χ1) is 19.3. The molecule has 0 atom stereocenters. The molecule has 0 aromatic rings. The second kappa shape index (κ2) is 25.7. The Bertz CT molecular complexity index is 661. The molecule has 0 unspecified atom stereocenters. The number of carbonyl (C=O) groups excluding carboxylic acids is 4. The standard InChI is InChI=1S/C29H56N4O7/c1-5-9-12-18-32-28(37)15-21-40-24-29(33-25(34)8-4,22-38-19-13-26(35)30-16-10-6-2)23-39-20-14-27(36)31-17-11-7-3/h5-24H2,1-4H3,(H,30,35)(H,31,36)(H,32,37)(H,33,34). The van der Waals surface area contributed by atoms with Gasteiger partial charge in [0.05, 0.1) is 39.6 Å². The van der Waals surface area contributed by atoms with Crippen LogP contribution in [0.3, 0.4) is 0 Å². The molecule has 0 radical (unpaired) electrons. The van der Waals surface area contributed by atoms with Crippen molar-refractivity contribution < 1.29 is 33.4 Å². The molecule has 234 valence electrons. The largest absolute Gasteiger partial charge is 0.378 e. The van der Waals surface area contributed by atoms with E-state index in [0.717, 1.165) is 44.9 Å². The molecule has 0 saturated heterocycles. The van der Waals surface area contributed by atoms with Crippen molar-refractivity contribution in [2.75, 3.05) is 59.3 Å². The lowest BCUT2D eigenvalue weighted by Crippen LogP contribution is -2.58. The lowest BCUT2D eigenvalue weighted by atomic mass is 10.0. The Hall–Kier alpha value is -2.24. The van der Waals surface area contributed by atoms with Crippen LogP contribution >= 0.6 is 0 Å². The summed E-state index contributed by atoms with van der Waals surface area (Å²) in [4.78, 5) is 48.6. The highest BCUT2D eigenvalue weighted by Crippen LogP contribution is 2.11. The predicted molar refractivity (Wildman–Crippen MR) is 156 cm³/mol. The Balaban J connectivity index is 5.03. The van der Waals surface area contributed by atoms with Gasteiger partial charge in [-0.1, -0.05) is 53.4 Å². The molecule has 0 fully saturated rings. The monoisotopic (exact) mass is 572 g/mol. The molecule has 0 aliphatic heterocycles. The van der Waals surface area contributed by atoms with E-state index < -0.39 is 5.54 Å². The van der Waals surface area contributed by atoms with Gasteiger partial charge in [-0.2, -0.15) is 0 Å². The molecule has 11 heteroatoms. The Morgan fingerprint density at radius 1 is 0.525 bits per heavy atom. The molecule has 0 bridgehead atoms. The van der Waals surface area contributed by atoms with E-state index in [2.05, 4.69) is 42.0 Å². The van der Waals surface area contributed by atoms with Crippen LogP contribution in [0.5, 0.6) is 0 Å². The topological polar surface area (TPSA) is 144 Å². The van der Waals surface area contributed by atoms with Crippen molar-refractivity contribution >= 4 is 23.6 Å². The summed E-state index contributed by atoms with van der Waals surface area (Å²) in [6.07, 6.45) is 7.76. The van der Waals surface area contributed by atoms with Crippen LogP contribution in [-0.2, 0) is 33.4 Å². The van der Waals surface area contributed by atoms with Crippen molar-refractivity contribution in [2.45, 2.75) is 104 Å². The molecule has 0 aromatic carbocycles. The highest BCUT2D eigenvalue weighted by Gasteiger charge is 2.33. The maximum Gasteiger partial charge on any atom is 0.222 e. The third-order valence-corrected chi connectivity index (χ3v) is 6.09. The minimum absolute atomic E-state index is 0.0485. The average molecular weight is 573 g/mol. The number of carbonyl (C=O) groups is 4. The van der Waals surface area contributed by atoms with Gasteiger partial charge in [0.2, 0.25) is 23.6 Å². The zero-order valence-corrected chi connectivity index (χ0v) is 25.5. The minimum Gasteiger partial charge on any atom is -0.378 e. The Kier molecular flexibility index (Phi) is 24.3. The normalized spacial score (nSPS) is 11.2. The van der Waals surface area contributed by atoms with Crippen molar-refractivity contribution in [1.29, 1.82) is 0 Å². The Morgan fingerprint density at radius 3 is 1.25 bits per heavy atom. The SMILES string of the molecule is CCCCCNC(=O)CCOCC(COCCC(=O)NCCCC)(COCCC(=O)NCCCC)NC(=O)CC. The van der Waals surface area contributed by atoms with Gasteiger partial charge in [0.1, 0.15) is 5.54 Å². The molecule has 0 aromatic heterocycles. The molecule has 11 nitrogen and oxygen atoms in total. The van der Waals surface area contributed by atoms with E-state index in [-0.39, 0.29) is 89.0 Å². The lowest BCUT2D eigenvalue weighted by molar-refractivity contribution is -0.130. The molecule has 0 heterocycles. The van der Waals surface area contributed by atoms with E-state index in [1.807, 2.05) is 0 Å². The van der Waals surface area contributed by atoms with Crippen molar-refractivity contribution in [1.82, 2.24) is 21.3 Å². The maximum absolute atomic E-state index is 12.4. The average Bonchev–Trinajstić information content (AvgIpc) is 2.94. The molecule has 0 rings (SSSR count). The second-order valence-corrected chi connectivity index (χ2v) is 10.1. The van der Waals surface area contributed by atoms with E-state index in [4.69, 9.17) is 14.2 Å². The van der Waals surface area contributed by atoms with E-state index in [1.54, 1.807) is 6.92 Å². The first kappa shape index (κ1) is 37.8. The van der Waals surface area contributed by atoms with Crippen LogP contribution in [-0.4, -0.2) is 88.4 Å². The summed E-state index contributed by atoms with van der Waals surface area (Å²) >= 11 is 0. The van der Waals surface area contributed by atoms with Crippen LogP contribution in [0.2, 0.25) is 0 Å². The van der Waals surface area contributed by atoms with Crippen molar-refractivity contribution in [3.8, 4) is 0 Å². The third kappa shape index (κ3) is 21.6. The van der Waals surface area contributed by atoms with Crippen LogP contribution in [0.1, 0.15) is 98.3 Å². The van der Waals surface area contributed by atoms with E-state index in [1.165, 1.54) is 0 Å². The number of amides is 4. The summed E-state index contributed by atoms with van der Waals surface area (Å²) in [6, 6.07) is 0. The number of nitrogens with one attached hydrogen (secondary N) is 4. The first-order valence-corrected chi connectivity index (χ1v) is 15.2. The molecule has 0 aliphatic carbocycles. The van der Waals surface area contributed by atoms with Crippen molar-refractivity contribution in [3.63, 3.8) is 0 Å². The summed E-state index contributed by atoms with van der Waals surface area (Å²) in [6.45, 7) is 10.5. The van der Waals surface area contributed by atoms with Crippen LogP contribution in [0.15, 0.2) is 0 Å². The molecule has 4 amide bonds. The fourth-order valence-electron chi connectivity index (χ4n) is 3.59. The predicted octanol–water partition coefficient (Wildman–Crippen LogP) is 2.61.